The van der Waals surface area contributed by atoms with E-state index in [0.29, 0.717) is 18.0 Å². The summed E-state index contributed by atoms with van der Waals surface area (Å²) in [5.41, 5.74) is 3.17. The molecule has 0 radical (unpaired) electrons. The molecule has 0 aromatic carbocycles. The van der Waals surface area contributed by atoms with Gasteiger partial charge in [0.25, 0.3) is 0 Å². The smallest absolute Gasteiger partial charge is 0.230 e. The van der Waals surface area contributed by atoms with E-state index in [1.807, 2.05) is 44.0 Å². The highest BCUT2D eigenvalue weighted by atomic mass is 15.2. The molecule has 0 bridgehead atoms. The number of nitrogens with zero attached hydrogens (tertiary/aromatic N) is 6. The molecule has 1 saturated heterocycles. The van der Waals surface area contributed by atoms with Crippen LogP contribution >= 0.6 is 0 Å². The first kappa shape index (κ1) is 20.6. The molecule has 4 aromatic heterocycles. The predicted molar refractivity (Wildman–Crippen MR) is 130 cm³/mol. The summed E-state index contributed by atoms with van der Waals surface area (Å²) in [6, 6.07) is 7.09. The third-order valence-electron chi connectivity index (χ3n) is 6.63. The van der Waals surface area contributed by atoms with Gasteiger partial charge in [-0.25, -0.2) is 9.97 Å². The molecule has 1 fully saturated rings. The van der Waals surface area contributed by atoms with Crippen LogP contribution in [-0.2, 0) is 0 Å². The Kier molecular flexibility index (Phi) is 5.61. The first-order chi connectivity index (χ1) is 15.7. The van der Waals surface area contributed by atoms with E-state index in [-0.39, 0.29) is 0 Å². The van der Waals surface area contributed by atoms with Crippen LogP contribution in [0.25, 0.3) is 21.9 Å². The lowest BCUT2D eigenvalue weighted by Gasteiger charge is -2.33. The molecule has 8 nitrogen and oxygen atoms in total. The summed E-state index contributed by atoms with van der Waals surface area (Å²) >= 11 is 0. The molecule has 0 aliphatic carbocycles. The van der Waals surface area contributed by atoms with Crippen molar-refractivity contribution in [3.05, 3.63) is 43.0 Å². The van der Waals surface area contributed by atoms with Crippen molar-refractivity contribution in [1.29, 1.82) is 0 Å². The Morgan fingerprint density at radius 2 is 1.91 bits per heavy atom. The number of piperidine rings is 1. The van der Waals surface area contributed by atoms with Gasteiger partial charge < -0.3 is 20.1 Å². The van der Waals surface area contributed by atoms with Crippen molar-refractivity contribution in [2.75, 3.05) is 30.4 Å². The molecule has 8 heteroatoms. The van der Waals surface area contributed by atoms with Crippen LogP contribution in [0.1, 0.15) is 39.2 Å². The van der Waals surface area contributed by atoms with Crippen LogP contribution in [0.4, 0.5) is 17.5 Å². The molecule has 0 amide bonds. The largest absolute Gasteiger partial charge is 0.370 e. The van der Waals surface area contributed by atoms with Gasteiger partial charge in [0.2, 0.25) is 5.95 Å². The maximum Gasteiger partial charge on any atom is 0.230 e. The highest BCUT2D eigenvalue weighted by Crippen LogP contribution is 2.31. The van der Waals surface area contributed by atoms with Crippen molar-refractivity contribution in [1.82, 2.24) is 29.8 Å². The van der Waals surface area contributed by atoms with E-state index < -0.39 is 0 Å². The standard InChI is InChI=1S/C24H30N8/c1-4-16(2)32-21-15-26-10-7-19(21)20-14-28-24(30-23(20)32)29-22-6-5-18(13-27-22)31-11-8-17(25-3)9-12-31/h5-7,10,13-17,25H,4,8-9,11-12H2,1-3H3,(H,27,28,29,30)/t16-/m0/s1. The lowest BCUT2D eigenvalue weighted by atomic mass is 10.1. The van der Waals surface area contributed by atoms with Crippen LogP contribution in [0.15, 0.2) is 43.0 Å². The minimum absolute atomic E-state index is 0.311. The van der Waals surface area contributed by atoms with E-state index in [2.05, 4.69) is 55.0 Å². The van der Waals surface area contributed by atoms with Crippen molar-refractivity contribution < 1.29 is 0 Å². The van der Waals surface area contributed by atoms with Crippen LogP contribution in [-0.4, -0.2) is 50.7 Å². The van der Waals surface area contributed by atoms with Crippen LogP contribution in [0.3, 0.4) is 0 Å². The predicted octanol–water partition coefficient (Wildman–Crippen LogP) is 4.28. The average molecular weight is 431 g/mol. The maximum atomic E-state index is 4.86. The van der Waals surface area contributed by atoms with Crippen molar-refractivity contribution in [2.45, 2.75) is 45.2 Å². The third-order valence-corrected chi connectivity index (χ3v) is 6.63. The van der Waals surface area contributed by atoms with E-state index >= 15 is 0 Å². The Balaban J connectivity index is 1.40. The number of pyridine rings is 2. The maximum absolute atomic E-state index is 4.86. The zero-order valence-corrected chi connectivity index (χ0v) is 18.9. The molecule has 5 heterocycles. The molecule has 1 aliphatic heterocycles. The zero-order chi connectivity index (χ0) is 22.1. The summed E-state index contributed by atoms with van der Waals surface area (Å²) in [5, 5.41) is 8.83. The molecular weight excluding hydrogens is 400 g/mol. The van der Waals surface area contributed by atoms with Gasteiger partial charge in [0.05, 0.1) is 23.6 Å². The van der Waals surface area contributed by atoms with E-state index in [1.165, 1.54) is 0 Å². The highest BCUT2D eigenvalue weighted by molar-refractivity contribution is 6.06. The number of hydrogen-bond donors (Lipinski definition) is 2. The monoisotopic (exact) mass is 430 g/mol. The fourth-order valence-electron chi connectivity index (χ4n) is 4.54. The Bertz CT molecular complexity index is 1210. The van der Waals surface area contributed by atoms with Gasteiger partial charge in [-0.2, -0.15) is 4.98 Å². The normalized spacial score (nSPS) is 16.0. The van der Waals surface area contributed by atoms with E-state index in [9.17, 15) is 0 Å². The van der Waals surface area contributed by atoms with Gasteiger partial charge in [-0.1, -0.05) is 6.92 Å². The number of fused-ring (bicyclic) bond motifs is 3. The molecule has 1 aliphatic rings. The minimum Gasteiger partial charge on any atom is -0.370 e. The van der Waals surface area contributed by atoms with E-state index in [1.54, 1.807) is 0 Å². The minimum atomic E-state index is 0.311. The van der Waals surface area contributed by atoms with Crippen LogP contribution in [0, 0.1) is 0 Å². The Morgan fingerprint density at radius 3 is 2.62 bits per heavy atom. The van der Waals surface area contributed by atoms with E-state index in [0.717, 1.165) is 65.8 Å². The van der Waals surface area contributed by atoms with Gasteiger partial charge in [0.1, 0.15) is 11.5 Å². The summed E-state index contributed by atoms with van der Waals surface area (Å²) in [6.07, 6.45) is 10.9. The number of anilines is 3. The highest BCUT2D eigenvalue weighted by Gasteiger charge is 2.19. The SMILES string of the molecule is CC[C@H](C)n1c2cnccc2c2cnc(Nc3ccc(N4CCC(NC)CC4)cn3)nc21. The molecule has 0 saturated carbocycles. The quantitative estimate of drug-likeness (QED) is 0.472. The molecular formula is C24H30N8. The van der Waals surface area contributed by atoms with Gasteiger partial charge in [0, 0.05) is 48.3 Å². The second kappa shape index (κ2) is 8.70. The topological polar surface area (TPSA) is 83.8 Å². The lowest BCUT2D eigenvalue weighted by Crippen LogP contribution is -2.41. The Morgan fingerprint density at radius 1 is 1.06 bits per heavy atom. The number of nitrogens with one attached hydrogen (secondary N) is 2. The molecule has 2 N–H and O–H groups in total. The summed E-state index contributed by atoms with van der Waals surface area (Å²) in [7, 11) is 2.04. The van der Waals surface area contributed by atoms with Crippen molar-refractivity contribution in [3.8, 4) is 0 Å². The molecule has 0 unspecified atom stereocenters. The third kappa shape index (κ3) is 3.75. The van der Waals surface area contributed by atoms with E-state index in [4.69, 9.17) is 4.98 Å². The average Bonchev–Trinajstić information content (AvgIpc) is 3.18. The summed E-state index contributed by atoms with van der Waals surface area (Å²) in [5.74, 6) is 1.29. The lowest BCUT2D eigenvalue weighted by molar-refractivity contribution is 0.442. The van der Waals surface area contributed by atoms with Crippen LogP contribution in [0.2, 0.25) is 0 Å². The van der Waals surface area contributed by atoms with Gasteiger partial charge in [0.15, 0.2) is 0 Å². The molecule has 4 aromatic rings. The van der Waals surface area contributed by atoms with Crippen molar-refractivity contribution in [2.24, 2.45) is 0 Å². The van der Waals surface area contributed by atoms with Crippen molar-refractivity contribution in [3.63, 3.8) is 0 Å². The number of aromatic nitrogens is 5. The second-order valence-electron chi connectivity index (χ2n) is 8.53. The second-order valence-corrected chi connectivity index (χ2v) is 8.53. The zero-order valence-electron chi connectivity index (χ0n) is 18.9. The van der Waals surface area contributed by atoms with Gasteiger partial charge in [-0.05, 0) is 51.4 Å². The fourth-order valence-corrected chi connectivity index (χ4v) is 4.54. The van der Waals surface area contributed by atoms with Crippen molar-refractivity contribution >= 4 is 39.4 Å². The Hall–Kier alpha value is -3.26. The summed E-state index contributed by atoms with van der Waals surface area (Å²) in [4.78, 5) is 20.8. The van der Waals surface area contributed by atoms with Crippen LogP contribution < -0.4 is 15.5 Å². The first-order valence-electron chi connectivity index (χ1n) is 11.4. The fraction of sp³-hybridized carbons (Fsp3) is 0.417. The molecule has 0 spiro atoms. The molecule has 166 valence electrons. The summed E-state index contributed by atoms with van der Waals surface area (Å²) in [6.45, 7) is 6.50. The summed E-state index contributed by atoms with van der Waals surface area (Å²) < 4.78 is 2.26. The molecule has 5 rings (SSSR count). The van der Waals surface area contributed by atoms with Gasteiger partial charge >= 0.3 is 0 Å². The number of rotatable bonds is 6. The van der Waals surface area contributed by atoms with Crippen LogP contribution in [0.5, 0.6) is 0 Å². The molecule has 1 atom stereocenters. The molecule has 32 heavy (non-hydrogen) atoms. The first-order valence-corrected chi connectivity index (χ1v) is 11.4. The Labute approximate surface area is 188 Å². The van der Waals surface area contributed by atoms with Gasteiger partial charge in [-0.15, -0.1) is 0 Å². The van der Waals surface area contributed by atoms with Gasteiger partial charge in [-0.3, -0.25) is 4.98 Å². The number of hydrogen-bond acceptors (Lipinski definition) is 7.